The lowest BCUT2D eigenvalue weighted by Gasteiger charge is -2.21. The number of rotatable bonds is 0. The second-order valence-electron chi connectivity index (χ2n) is 4.93. The number of aromatic amines is 1. The Labute approximate surface area is 106 Å². The summed E-state index contributed by atoms with van der Waals surface area (Å²) in [6.07, 6.45) is 0. The second kappa shape index (κ2) is 3.84. The molecular weight excluding hydrogens is 284 g/mol. The van der Waals surface area contributed by atoms with Crippen molar-refractivity contribution in [3.8, 4) is 0 Å². The van der Waals surface area contributed by atoms with Gasteiger partial charge >= 0.3 is 5.69 Å². The molecule has 0 radical (unpaired) electrons. The molecule has 0 spiro atoms. The summed E-state index contributed by atoms with van der Waals surface area (Å²) >= 11 is 3.32. The van der Waals surface area contributed by atoms with Crippen molar-refractivity contribution in [2.75, 3.05) is 0 Å². The van der Waals surface area contributed by atoms with Crippen LogP contribution in [0.5, 0.6) is 0 Å². The van der Waals surface area contributed by atoms with Crippen LogP contribution in [0.3, 0.4) is 0 Å². The number of fused-ring (bicyclic) bond motifs is 1. The van der Waals surface area contributed by atoms with Crippen LogP contribution in [0.2, 0.25) is 0 Å². The van der Waals surface area contributed by atoms with Gasteiger partial charge in [0.25, 0.3) is 5.56 Å². The molecule has 0 aliphatic rings. The minimum Gasteiger partial charge on any atom is -0.307 e. The molecule has 2 aromatic rings. The van der Waals surface area contributed by atoms with Crippen molar-refractivity contribution in [1.82, 2.24) is 9.55 Å². The van der Waals surface area contributed by atoms with E-state index >= 15 is 0 Å². The van der Waals surface area contributed by atoms with Crippen molar-refractivity contribution in [3.05, 3.63) is 43.5 Å². The number of hydrogen-bond donors (Lipinski definition) is 1. The lowest BCUT2D eigenvalue weighted by atomic mass is 10.1. The van der Waals surface area contributed by atoms with Crippen LogP contribution >= 0.6 is 15.9 Å². The highest BCUT2D eigenvalue weighted by Gasteiger charge is 2.19. The van der Waals surface area contributed by atoms with Crippen LogP contribution in [-0.4, -0.2) is 9.55 Å². The third-order valence-corrected chi connectivity index (χ3v) is 3.02. The highest BCUT2D eigenvalue weighted by molar-refractivity contribution is 9.10. The molecule has 17 heavy (non-hydrogen) atoms. The number of aromatic nitrogens is 2. The summed E-state index contributed by atoms with van der Waals surface area (Å²) in [6.45, 7) is 5.48. The van der Waals surface area contributed by atoms with E-state index in [0.29, 0.717) is 10.9 Å². The molecule has 2 rings (SSSR count). The van der Waals surface area contributed by atoms with Gasteiger partial charge in [0.05, 0.1) is 10.9 Å². The molecule has 0 aliphatic carbocycles. The van der Waals surface area contributed by atoms with E-state index in [2.05, 4.69) is 20.9 Å². The monoisotopic (exact) mass is 296 g/mol. The van der Waals surface area contributed by atoms with Crippen LogP contribution in [0, 0.1) is 0 Å². The number of benzene rings is 1. The standard InChI is InChI=1S/C12H13BrN2O2/c1-12(2,3)15-10(16)8-6-7(13)4-5-9(8)14-11(15)17/h4-6H,1-3H3,(H,14,17). The summed E-state index contributed by atoms with van der Waals surface area (Å²) in [7, 11) is 0. The Kier molecular flexibility index (Phi) is 2.73. The Bertz CT molecular complexity index is 692. The molecule has 0 fully saturated rings. The van der Waals surface area contributed by atoms with E-state index in [1.807, 2.05) is 20.8 Å². The van der Waals surface area contributed by atoms with Gasteiger partial charge in [0.15, 0.2) is 0 Å². The Morgan fingerprint density at radius 2 is 1.88 bits per heavy atom. The Morgan fingerprint density at radius 1 is 1.24 bits per heavy atom. The normalized spacial score (nSPS) is 12.0. The van der Waals surface area contributed by atoms with Crippen LogP contribution in [-0.2, 0) is 5.54 Å². The fraction of sp³-hybridized carbons (Fsp3) is 0.333. The van der Waals surface area contributed by atoms with Gasteiger partial charge in [-0.05, 0) is 39.0 Å². The van der Waals surface area contributed by atoms with Crippen molar-refractivity contribution in [2.45, 2.75) is 26.3 Å². The summed E-state index contributed by atoms with van der Waals surface area (Å²) in [4.78, 5) is 26.9. The first-order chi connectivity index (χ1) is 7.80. The first kappa shape index (κ1) is 12.1. The summed E-state index contributed by atoms with van der Waals surface area (Å²) in [5, 5.41) is 0.508. The maximum absolute atomic E-state index is 12.3. The molecule has 0 unspecified atom stereocenters. The molecule has 0 saturated heterocycles. The highest BCUT2D eigenvalue weighted by Crippen LogP contribution is 2.15. The molecule has 4 nitrogen and oxygen atoms in total. The fourth-order valence-corrected chi connectivity index (χ4v) is 2.16. The Balaban J connectivity index is 2.99. The molecule has 0 aliphatic heterocycles. The van der Waals surface area contributed by atoms with Crippen LogP contribution in [0.4, 0.5) is 0 Å². The summed E-state index contributed by atoms with van der Waals surface area (Å²) in [6, 6.07) is 5.23. The van der Waals surface area contributed by atoms with Gasteiger partial charge < -0.3 is 4.98 Å². The average Bonchev–Trinajstić information content (AvgIpc) is 2.17. The van der Waals surface area contributed by atoms with Gasteiger partial charge in [0.1, 0.15) is 0 Å². The predicted octanol–water partition coefficient (Wildman–Crippen LogP) is 2.21. The SMILES string of the molecule is CC(C)(C)n1c(=O)[nH]c2ccc(Br)cc2c1=O. The van der Waals surface area contributed by atoms with Crippen molar-refractivity contribution >= 4 is 26.8 Å². The number of halogens is 1. The summed E-state index contributed by atoms with van der Waals surface area (Å²) < 4.78 is 2.05. The van der Waals surface area contributed by atoms with Gasteiger partial charge in [-0.15, -0.1) is 0 Å². The minimum absolute atomic E-state index is 0.266. The average molecular weight is 297 g/mol. The van der Waals surface area contributed by atoms with E-state index in [1.165, 1.54) is 4.57 Å². The third kappa shape index (κ3) is 2.07. The summed E-state index contributed by atoms with van der Waals surface area (Å²) in [5.74, 6) is 0. The topological polar surface area (TPSA) is 54.9 Å². The molecule has 1 aromatic heterocycles. The van der Waals surface area contributed by atoms with E-state index in [9.17, 15) is 9.59 Å². The molecule has 90 valence electrons. The number of nitrogens with zero attached hydrogens (tertiary/aromatic N) is 1. The first-order valence-corrected chi connectivity index (χ1v) is 6.05. The van der Waals surface area contributed by atoms with Gasteiger partial charge in [-0.25, -0.2) is 4.79 Å². The zero-order valence-corrected chi connectivity index (χ0v) is 11.5. The smallest absolute Gasteiger partial charge is 0.307 e. The largest absolute Gasteiger partial charge is 0.329 e. The molecule has 0 amide bonds. The second-order valence-corrected chi connectivity index (χ2v) is 5.85. The minimum atomic E-state index is -0.541. The molecule has 0 bridgehead atoms. The Hall–Kier alpha value is -1.36. The summed E-state index contributed by atoms with van der Waals surface area (Å²) in [5.41, 5.74) is -0.625. The molecule has 0 atom stereocenters. The molecular formula is C12H13BrN2O2. The molecule has 1 aromatic carbocycles. The maximum atomic E-state index is 12.3. The van der Waals surface area contributed by atoms with Crippen molar-refractivity contribution < 1.29 is 0 Å². The van der Waals surface area contributed by atoms with Crippen LogP contribution in [0.15, 0.2) is 32.3 Å². The molecule has 5 heteroatoms. The zero-order valence-electron chi connectivity index (χ0n) is 9.87. The highest BCUT2D eigenvalue weighted by atomic mass is 79.9. The van der Waals surface area contributed by atoms with Crippen molar-refractivity contribution in [2.24, 2.45) is 0 Å². The number of nitrogens with one attached hydrogen (secondary N) is 1. The predicted molar refractivity (Wildman–Crippen MR) is 71.5 cm³/mol. The van der Waals surface area contributed by atoms with Gasteiger partial charge in [-0.2, -0.15) is 0 Å². The number of hydrogen-bond acceptors (Lipinski definition) is 2. The lowest BCUT2D eigenvalue weighted by molar-refractivity contribution is 0.369. The lowest BCUT2D eigenvalue weighted by Crippen LogP contribution is -2.44. The van der Waals surface area contributed by atoms with Gasteiger partial charge in [0, 0.05) is 10.0 Å². The van der Waals surface area contributed by atoms with E-state index in [1.54, 1.807) is 18.2 Å². The third-order valence-electron chi connectivity index (χ3n) is 2.53. The zero-order chi connectivity index (χ0) is 12.8. The van der Waals surface area contributed by atoms with E-state index in [0.717, 1.165) is 4.47 Å². The van der Waals surface area contributed by atoms with Crippen LogP contribution in [0.25, 0.3) is 10.9 Å². The Morgan fingerprint density at radius 3 is 2.47 bits per heavy atom. The maximum Gasteiger partial charge on any atom is 0.329 e. The van der Waals surface area contributed by atoms with E-state index < -0.39 is 5.54 Å². The molecule has 1 heterocycles. The van der Waals surface area contributed by atoms with Gasteiger partial charge in [0.2, 0.25) is 0 Å². The molecule has 0 saturated carbocycles. The first-order valence-electron chi connectivity index (χ1n) is 5.26. The molecule has 1 N–H and O–H groups in total. The van der Waals surface area contributed by atoms with E-state index in [-0.39, 0.29) is 11.2 Å². The van der Waals surface area contributed by atoms with Crippen LogP contribution < -0.4 is 11.2 Å². The number of H-pyrrole nitrogens is 1. The fourth-order valence-electron chi connectivity index (χ4n) is 1.80. The van der Waals surface area contributed by atoms with Crippen molar-refractivity contribution in [3.63, 3.8) is 0 Å². The van der Waals surface area contributed by atoms with E-state index in [4.69, 9.17) is 0 Å². The van der Waals surface area contributed by atoms with Gasteiger partial charge in [-0.1, -0.05) is 15.9 Å². The van der Waals surface area contributed by atoms with Crippen LogP contribution in [0.1, 0.15) is 20.8 Å². The van der Waals surface area contributed by atoms with Gasteiger partial charge in [-0.3, -0.25) is 9.36 Å². The quantitative estimate of drug-likeness (QED) is 0.810. The van der Waals surface area contributed by atoms with Crippen molar-refractivity contribution in [1.29, 1.82) is 0 Å².